The van der Waals surface area contributed by atoms with Crippen molar-refractivity contribution in [3.8, 4) is 5.75 Å². The van der Waals surface area contributed by atoms with Crippen LogP contribution in [0.1, 0.15) is 17.0 Å². The molecule has 0 radical (unpaired) electrons. The monoisotopic (exact) mass is 461 g/mol. The molecule has 1 aromatic carbocycles. The highest BCUT2D eigenvalue weighted by Gasteiger charge is 2.45. The molecule has 2 saturated heterocycles. The van der Waals surface area contributed by atoms with Crippen LogP contribution in [-0.2, 0) is 14.3 Å². The summed E-state index contributed by atoms with van der Waals surface area (Å²) in [6.45, 7) is 1.41. The first-order chi connectivity index (χ1) is 15.5. The molecule has 32 heavy (non-hydrogen) atoms. The molecule has 0 spiro atoms. The van der Waals surface area contributed by atoms with Crippen LogP contribution in [0.4, 0.5) is 16.2 Å². The molecule has 2 atom stereocenters. The molecule has 1 aromatic heterocycles. The Balaban J connectivity index is 1.33. The number of benzene rings is 1. The van der Waals surface area contributed by atoms with Gasteiger partial charge in [-0.05, 0) is 35.9 Å². The van der Waals surface area contributed by atoms with Gasteiger partial charge in [0.05, 0.1) is 31.5 Å². The number of halogens is 1. The summed E-state index contributed by atoms with van der Waals surface area (Å²) in [4.78, 5) is 40.3. The van der Waals surface area contributed by atoms with Crippen molar-refractivity contribution >= 4 is 40.9 Å². The number of hydrogen-bond donors (Lipinski definition) is 1. The van der Waals surface area contributed by atoms with E-state index in [0.29, 0.717) is 43.3 Å². The first-order valence-electron chi connectivity index (χ1n) is 10.2. The number of furan rings is 1. The van der Waals surface area contributed by atoms with E-state index in [1.807, 2.05) is 0 Å². The van der Waals surface area contributed by atoms with Gasteiger partial charge >= 0.3 is 6.09 Å². The quantitative estimate of drug-likeness (QED) is 0.743. The lowest BCUT2D eigenvalue weighted by molar-refractivity contribution is -0.125. The molecule has 3 aliphatic rings. The molecule has 3 aliphatic heterocycles. The van der Waals surface area contributed by atoms with E-state index in [0.717, 1.165) is 0 Å². The predicted molar refractivity (Wildman–Crippen MR) is 112 cm³/mol. The van der Waals surface area contributed by atoms with Gasteiger partial charge in [0.2, 0.25) is 0 Å². The van der Waals surface area contributed by atoms with Crippen molar-refractivity contribution in [2.45, 2.75) is 18.6 Å². The number of fused-ring (bicyclic) bond motifs is 3. The molecule has 5 rings (SSSR count). The summed E-state index contributed by atoms with van der Waals surface area (Å²) >= 11 is 5.71. The normalized spacial score (nSPS) is 22.5. The number of nitrogens with zero attached hydrogens (tertiary/aromatic N) is 2. The maximum atomic E-state index is 12.7. The van der Waals surface area contributed by atoms with Crippen molar-refractivity contribution in [2.75, 3.05) is 42.7 Å². The Morgan fingerprint density at radius 2 is 2.06 bits per heavy atom. The smallest absolute Gasteiger partial charge is 0.415 e. The number of morpholine rings is 1. The largest absolute Gasteiger partial charge is 0.491 e. The third-order valence-electron chi connectivity index (χ3n) is 5.64. The van der Waals surface area contributed by atoms with E-state index in [9.17, 15) is 14.4 Å². The van der Waals surface area contributed by atoms with Crippen molar-refractivity contribution in [3.05, 3.63) is 41.3 Å². The van der Waals surface area contributed by atoms with Gasteiger partial charge in [-0.15, -0.1) is 0 Å². The van der Waals surface area contributed by atoms with Gasteiger partial charge < -0.3 is 28.8 Å². The number of amides is 3. The molecule has 4 heterocycles. The average Bonchev–Trinajstić information content (AvgIpc) is 3.29. The third-order valence-corrected chi connectivity index (χ3v) is 5.85. The number of anilines is 2. The van der Waals surface area contributed by atoms with E-state index in [2.05, 4.69) is 5.32 Å². The summed E-state index contributed by atoms with van der Waals surface area (Å²) in [6.07, 6.45) is -0.566. The zero-order valence-corrected chi connectivity index (χ0v) is 17.7. The number of cyclic esters (lactones) is 1. The average molecular weight is 462 g/mol. The van der Waals surface area contributed by atoms with Crippen LogP contribution in [0.15, 0.2) is 34.7 Å². The maximum Gasteiger partial charge on any atom is 0.415 e. The van der Waals surface area contributed by atoms with E-state index in [1.165, 1.54) is 12.1 Å². The Kier molecular flexibility index (Phi) is 5.40. The van der Waals surface area contributed by atoms with Crippen LogP contribution < -0.4 is 19.9 Å². The zero-order chi connectivity index (χ0) is 22.2. The molecular weight excluding hydrogens is 442 g/mol. The third kappa shape index (κ3) is 3.76. The summed E-state index contributed by atoms with van der Waals surface area (Å²) in [5.41, 5.74) is 1.25. The summed E-state index contributed by atoms with van der Waals surface area (Å²) < 4.78 is 21.8. The van der Waals surface area contributed by atoms with Crippen LogP contribution in [0.2, 0.25) is 5.22 Å². The molecular formula is C21H20ClN3O7. The topological polar surface area (TPSA) is 111 Å². The molecule has 2 aromatic rings. The lowest BCUT2D eigenvalue weighted by Crippen LogP contribution is -2.42. The second-order valence-electron chi connectivity index (χ2n) is 7.56. The van der Waals surface area contributed by atoms with Gasteiger partial charge in [0.15, 0.2) is 11.0 Å². The van der Waals surface area contributed by atoms with E-state index < -0.39 is 18.1 Å². The number of nitrogens with one attached hydrogen (secondary N) is 1. The summed E-state index contributed by atoms with van der Waals surface area (Å²) in [5.74, 6) is 0.000455. The predicted octanol–water partition coefficient (Wildman–Crippen LogP) is 2.20. The minimum absolute atomic E-state index is 0.0378. The van der Waals surface area contributed by atoms with Crippen molar-refractivity contribution in [1.82, 2.24) is 5.32 Å². The van der Waals surface area contributed by atoms with Crippen LogP contribution in [0.3, 0.4) is 0 Å². The standard InChI is InChI=1S/C21H20ClN3O7/c22-18-4-3-15(31-18)20(27)23-10-17-14-5-7-30-16-9-12(24-6-8-29-11-19(24)26)1-2-13(16)25(14)21(28)32-17/h1-4,9,14,17H,5-8,10-11H2,(H,23,27)/t14-,17?/m0/s1. The van der Waals surface area contributed by atoms with Gasteiger partial charge in [-0.3, -0.25) is 14.5 Å². The molecule has 2 fully saturated rings. The van der Waals surface area contributed by atoms with Crippen LogP contribution in [0.25, 0.3) is 0 Å². The van der Waals surface area contributed by atoms with Crippen LogP contribution in [0.5, 0.6) is 5.75 Å². The fourth-order valence-electron chi connectivity index (χ4n) is 4.12. The van der Waals surface area contributed by atoms with Gasteiger partial charge in [-0.1, -0.05) is 0 Å². The minimum atomic E-state index is -0.563. The van der Waals surface area contributed by atoms with E-state index in [-0.39, 0.29) is 36.1 Å². The Bertz CT molecular complexity index is 1070. The Labute approximate surface area is 187 Å². The fraction of sp³-hybridized carbons (Fsp3) is 0.381. The molecule has 1 unspecified atom stereocenters. The maximum absolute atomic E-state index is 12.7. The molecule has 11 heteroatoms. The summed E-state index contributed by atoms with van der Waals surface area (Å²) in [5, 5.41) is 2.83. The number of hydrogen-bond acceptors (Lipinski definition) is 7. The summed E-state index contributed by atoms with van der Waals surface area (Å²) in [6, 6.07) is 7.91. The van der Waals surface area contributed by atoms with Gasteiger partial charge in [0.1, 0.15) is 18.5 Å². The Morgan fingerprint density at radius 1 is 1.19 bits per heavy atom. The zero-order valence-electron chi connectivity index (χ0n) is 16.9. The molecule has 1 N–H and O–H groups in total. The Morgan fingerprint density at radius 3 is 2.84 bits per heavy atom. The second-order valence-corrected chi connectivity index (χ2v) is 7.93. The van der Waals surface area contributed by atoms with Crippen LogP contribution in [-0.4, -0.2) is 63.0 Å². The number of ether oxygens (including phenoxy) is 3. The number of rotatable bonds is 4. The number of carbonyl (C=O) groups is 3. The van der Waals surface area contributed by atoms with Gasteiger partial charge in [0, 0.05) is 24.7 Å². The fourth-order valence-corrected chi connectivity index (χ4v) is 4.27. The molecule has 168 valence electrons. The lowest BCUT2D eigenvalue weighted by atomic mass is 10.1. The van der Waals surface area contributed by atoms with E-state index in [1.54, 1.807) is 28.0 Å². The van der Waals surface area contributed by atoms with Gasteiger partial charge in [-0.25, -0.2) is 4.79 Å². The molecule has 10 nitrogen and oxygen atoms in total. The highest BCUT2D eigenvalue weighted by molar-refractivity contribution is 6.29. The lowest BCUT2D eigenvalue weighted by Gasteiger charge is -2.28. The van der Waals surface area contributed by atoms with Crippen LogP contribution in [0, 0.1) is 0 Å². The van der Waals surface area contributed by atoms with Crippen molar-refractivity contribution in [2.24, 2.45) is 0 Å². The first-order valence-corrected chi connectivity index (χ1v) is 10.6. The Hall–Kier alpha value is -3.24. The molecule has 0 bridgehead atoms. The van der Waals surface area contributed by atoms with E-state index >= 15 is 0 Å². The van der Waals surface area contributed by atoms with Gasteiger partial charge in [0.25, 0.3) is 11.8 Å². The van der Waals surface area contributed by atoms with Crippen molar-refractivity contribution in [1.29, 1.82) is 0 Å². The highest BCUT2D eigenvalue weighted by atomic mass is 35.5. The summed E-state index contributed by atoms with van der Waals surface area (Å²) in [7, 11) is 0. The SMILES string of the molecule is O=C(NCC1OC(=O)N2c3ccc(N4CCOCC4=O)cc3OCC[C@@H]12)c1ccc(Cl)o1. The van der Waals surface area contributed by atoms with Gasteiger partial charge in [-0.2, -0.15) is 0 Å². The van der Waals surface area contributed by atoms with E-state index in [4.69, 9.17) is 30.2 Å². The minimum Gasteiger partial charge on any atom is -0.491 e. The van der Waals surface area contributed by atoms with Crippen molar-refractivity contribution in [3.63, 3.8) is 0 Å². The highest BCUT2D eigenvalue weighted by Crippen LogP contribution is 2.40. The van der Waals surface area contributed by atoms with Crippen molar-refractivity contribution < 1.29 is 33.0 Å². The van der Waals surface area contributed by atoms with Crippen LogP contribution >= 0.6 is 11.6 Å². The number of carbonyl (C=O) groups excluding carboxylic acids is 3. The first kappa shape index (κ1) is 20.7. The molecule has 3 amide bonds. The second kappa shape index (κ2) is 8.36. The molecule has 0 aliphatic carbocycles. The molecule has 0 saturated carbocycles.